The van der Waals surface area contributed by atoms with E-state index in [1.165, 1.54) is 42.4 Å². The Balaban J connectivity index is 1.10. The van der Waals surface area contributed by atoms with Gasteiger partial charge in [-0.05, 0) is 84.3 Å². The summed E-state index contributed by atoms with van der Waals surface area (Å²) in [7, 11) is 0. The fraction of sp³-hybridized carbons (Fsp3) is 0.303. The molecule has 4 aromatic rings. The number of rotatable bonds is 11. The summed E-state index contributed by atoms with van der Waals surface area (Å²) in [6.07, 6.45) is 7.35. The lowest BCUT2D eigenvalue weighted by atomic mass is 9.95. The molecule has 0 amide bonds. The van der Waals surface area contributed by atoms with E-state index in [-0.39, 0.29) is 12.1 Å². The van der Waals surface area contributed by atoms with Crippen LogP contribution in [0.3, 0.4) is 0 Å². The van der Waals surface area contributed by atoms with Crippen molar-refractivity contribution >= 4 is 28.3 Å². The van der Waals surface area contributed by atoms with Gasteiger partial charge in [-0.1, -0.05) is 97.1 Å². The highest BCUT2D eigenvalue weighted by Gasteiger charge is 2.48. The first-order chi connectivity index (χ1) is 18.1. The van der Waals surface area contributed by atoms with Crippen molar-refractivity contribution in [1.29, 1.82) is 0 Å². The van der Waals surface area contributed by atoms with E-state index in [9.17, 15) is 4.79 Å². The molecular formula is C33H33ClO3. The Morgan fingerprint density at radius 3 is 2.35 bits per heavy atom. The van der Waals surface area contributed by atoms with Crippen LogP contribution in [0.15, 0.2) is 84.9 Å². The van der Waals surface area contributed by atoms with Crippen LogP contribution in [0.4, 0.5) is 0 Å². The zero-order valence-corrected chi connectivity index (χ0v) is 22.0. The SMILES string of the molecule is Cc1ccc(CCCCCCCc2ccc(Cl)cc2)c([C@H]2O[C@H]2C(=O)Oc2ccc3ccccc3c2)c1. The minimum absolute atomic E-state index is 0.220. The molecule has 0 unspecified atom stereocenters. The standard InChI is InChI=1S/C33H33ClO3/c1-23-13-16-26(11-6-4-2-3-5-9-24-14-18-28(34)19-15-24)30(21-23)31-32(37-31)33(35)36-29-20-17-25-10-7-8-12-27(25)22-29/h7-8,10,12-22,31-32H,2-6,9,11H2,1H3/t31-,32-/m1/s1. The number of hydrogen-bond acceptors (Lipinski definition) is 3. The van der Waals surface area contributed by atoms with E-state index in [1.54, 1.807) is 0 Å². The highest BCUT2D eigenvalue weighted by Crippen LogP contribution is 2.42. The molecule has 190 valence electrons. The Kier molecular flexibility index (Phi) is 8.23. The smallest absolute Gasteiger partial charge is 0.343 e. The van der Waals surface area contributed by atoms with E-state index in [2.05, 4.69) is 37.3 Å². The van der Waals surface area contributed by atoms with Crippen LogP contribution in [-0.4, -0.2) is 12.1 Å². The number of carbonyl (C=O) groups is 1. The Hall–Kier alpha value is -3.14. The summed E-state index contributed by atoms with van der Waals surface area (Å²) >= 11 is 5.97. The van der Waals surface area contributed by atoms with Gasteiger partial charge in [-0.2, -0.15) is 0 Å². The highest BCUT2D eigenvalue weighted by atomic mass is 35.5. The Morgan fingerprint density at radius 1 is 0.811 bits per heavy atom. The number of halogens is 1. The van der Waals surface area contributed by atoms with Gasteiger partial charge >= 0.3 is 5.97 Å². The molecule has 1 heterocycles. The molecule has 0 spiro atoms. The molecule has 1 aliphatic heterocycles. The van der Waals surface area contributed by atoms with E-state index in [1.807, 2.05) is 54.6 Å². The fourth-order valence-electron chi connectivity index (χ4n) is 4.97. The van der Waals surface area contributed by atoms with Gasteiger partial charge in [0.15, 0.2) is 6.10 Å². The van der Waals surface area contributed by atoms with E-state index >= 15 is 0 Å². The molecule has 0 bridgehead atoms. The first kappa shape index (κ1) is 25.5. The lowest BCUT2D eigenvalue weighted by Crippen LogP contribution is -2.16. The Morgan fingerprint density at radius 2 is 1.54 bits per heavy atom. The molecule has 0 N–H and O–H groups in total. The van der Waals surface area contributed by atoms with Gasteiger partial charge < -0.3 is 9.47 Å². The topological polar surface area (TPSA) is 38.8 Å². The van der Waals surface area contributed by atoms with Crippen LogP contribution < -0.4 is 4.74 Å². The predicted molar refractivity (Wildman–Crippen MR) is 150 cm³/mol. The summed E-state index contributed by atoms with van der Waals surface area (Å²) in [5.74, 6) is 0.229. The zero-order valence-electron chi connectivity index (χ0n) is 21.3. The molecule has 3 nitrogen and oxygen atoms in total. The minimum Gasteiger partial charge on any atom is -0.425 e. The minimum atomic E-state index is -0.542. The van der Waals surface area contributed by atoms with Crippen molar-refractivity contribution in [2.24, 2.45) is 0 Å². The second kappa shape index (κ2) is 11.9. The lowest BCUT2D eigenvalue weighted by molar-refractivity contribution is -0.135. The number of ether oxygens (including phenoxy) is 2. The van der Waals surface area contributed by atoms with Gasteiger partial charge in [0.25, 0.3) is 0 Å². The largest absolute Gasteiger partial charge is 0.425 e. The molecule has 2 atom stereocenters. The van der Waals surface area contributed by atoms with E-state index in [4.69, 9.17) is 21.1 Å². The fourth-order valence-corrected chi connectivity index (χ4v) is 5.09. The average Bonchev–Trinajstić information content (AvgIpc) is 3.71. The van der Waals surface area contributed by atoms with Crippen LogP contribution in [0.5, 0.6) is 5.75 Å². The Labute approximate surface area is 224 Å². The maximum atomic E-state index is 12.8. The van der Waals surface area contributed by atoms with Crippen molar-refractivity contribution < 1.29 is 14.3 Å². The van der Waals surface area contributed by atoms with Crippen molar-refractivity contribution in [1.82, 2.24) is 0 Å². The number of carbonyl (C=O) groups excluding carboxylic acids is 1. The summed E-state index contributed by atoms with van der Waals surface area (Å²) in [6, 6.07) is 28.4. The molecule has 4 aromatic carbocycles. The molecule has 0 aromatic heterocycles. The molecule has 1 fully saturated rings. The first-order valence-electron chi connectivity index (χ1n) is 13.3. The molecule has 1 saturated heterocycles. The maximum Gasteiger partial charge on any atom is 0.343 e. The van der Waals surface area contributed by atoms with Crippen LogP contribution in [-0.2, 0) is 22.4 Å². The lowest BCUT2D eigenvalue weighted by Gasteiger charge is -2.09. The number of hydrogen-bond donors (Lipinski definition) is 0. The Bertz CT molecular complexity index is 1360. The third kappa shape index (κ3) is 6.80. The van der Waals surface area contributed by atoms with Crippen molar-refractivity contribution in [3.05, 3.63) is 112 Å². The van der Waals surface area contributed by atoms with Crippen molar-refractivity contribution in [2.45, 2.75) is 64.1 Å². The summed E-state index contributed by atoms with van der Waals surface area (Å²) in [5.41, 5.74) is 4.94. The quantitative estimate of drug-likeness (QED) is 0.0873. The second-order valence-electron chi connectivity index (χ2n) is 10.0. The van der Waals surface area contributed by atoms with Crippen LogP contribution in [0, 0.1) is 6.92 Å². The average molecular weight is 513 g/mol. The number of esters is 1. The predicted octanol–water partition coefficient (Wildman–Crippen LogP) is 8.58. The molecule has 4 heteroatoms. The van der Waals surface area contributed by atoms with Crippen LogP contribution >= 0.6 is 11.6 Å². The monoisotopic (exact) mass is 512 g/mol. The van der Waals surface area contributed by atoms with Crippen molar-refractivity contribution in [3.63, 3.8) is 0 Å². The molecule has 0 radical (unpaired) electrons. The van der Waals surface area contributed by atoms with Crippen molar-refractivity contribution in [2.75, 3.05) is 0 Å². The summed E-state index contributed by atoms with van der Waals surface area (Å²) in [6.45, 7) is 2.08. The number of aryl methyl sites for hydroxylation is 3. The van der Waals surface area contributed by atoms with Crippen LogP contribution in [0.2, 0.25) is 5.02 Å². The maximum absolute atomic E-state index is 12.8. The summed E-state index contributed by atoms with van der Waals surface area (Å²) in [5, 5.41) is 2.96. The highest BCUT2D eigenvalue weighted by molar-refractivity contribution is 6.30. The van der Waals surface area contributed by atoms with E-state index in [0.29, 0.717) is 5.75 Å². The van der Waals surface area contributed by atoms with Crippen LogP contribution in [0.1, 0.15) is 60.5 Å². The van der Waals surface area contributed by atoms with Gasteiger partial charge in [0, 0.05) is 5.02 Å². The van der Waals surface area contributed by atoms with Crippen LogP contribution in [0.25, 0.3) is 10.8 Å². The van der Waals surface area contributed by atoms with E-state index in [0.717, 1.165) is 40.6 Å². The second-order valence-corrected chi connectivity index (χ2v) is 10.4. The zero-order chi connectivity index (χ0) is 25.6. The summed E-state index contributed by atoms with van der Waals surface area (Å²) < 4.78 is 11.5. The number of fused-ring (bicyclic) bond motifs is 1. The molecule has 1 aliphatic rings. The van der Waals surface area contributed by atoms with Crippen molar-refractivity contribution in [3.8, 4) is 5.75 Å². The summed E-state index contributed by atoms with van der Waals surface area (Å²) in [4.78, 5) is 12.8. The van der Waals surface area contributed by atoms with Gasteiger partial charge in [-0.25, -0.2) is 4.79 Å². The van der Waals surface area contributed by atoms with Gasteiger partial charge in [0.2, 0.25) is 0 Å². The molecule has 5 rings (SSSR count). The normalized spacial score (nSPS) is 16.6. The van der Waals surface area contributed by atoms with Gasteiger partial charge in [0.1, 0.15) is 11.9 Å². The van der Waals surface area contributed by atoms with Gasteiger partial charge in [-0.15, -0.1) is 0 Å². The third-order valence-corrected chi connectivity index (χ3v) is 7.35. The molecular weight excluding hydrogens is 480 g/mol. The molecule has 0 aliphatic carbocycles. The van der Waals surface area contributed by atoms with Gasteiger partial charge in [0.05, 0.1) is 0 Å². The first-order valence-corrected chi connectivity index (χ1v) is 13.6. The van der Waals surface area contributed by atoms with Gasteiger partial charge in [-0.3, -0.25) is 0 Å². The number of benzene rings is 4. The molecule has 37 heavy (non-hydrogen) atoms. The number of epoxide rings is 1. The molecule has 0 saturated carbocycles. The van der Waals surface area contributed by atoms with E-state index < -0.39 is 6.10 Å². The number of unbranched alkanes of at least 4 members (excludes halogenated alkanes) is 4. The third-order valence-electron chi connectivity index (χ3n) is 7.10.